The molecule has 0 heterocycles. The lowest BCUT2D eigenvalue weighted by atomic mass is 10.2. The minimum absolute atomic E-state index is 0.812. The van der Waals surface area contributed by atoms with Crippen LogP contribution in [-0.4, -0.2) is 20.1 Å². The minimum atomic E-state index is 0.812. The third-order valence-corrected chi connectivity index (χ3v) is 3.23. The van der Waals surface area contributed by atoms with Crippen molar-refractivity contribution in [3.63, 3.8) is 0 Å². The van der Waals surface area contributed by atoms with Crippen molar-refractivity contribution < 1.29 is 0 Å². The molecule has 0 aliphatic rings. The van der Waals surface area contributed by atoms with Gasteiger partial charge in [-0.3, -0.25) is 0 Å². The molecule has 18 heavy (non-hydrogen) atoms. The molecule has 0 bridgehead atoms. The van der Waals surface area contributed by atoms with Gasteiger partial charge in [0, 0.05) is 25.8 Å². The summed E-state index contributed by atoms with van der Waals surface area (Å²) in [5.41, 5.74) is 9.02. The summed E-state index contributed by atoms with van der Waals surface area (Å²) >= 11 is 0. The molecule has 3 nitrogen and oxygen atoms in total. The van der Waals surface area contributed by atoms with Gasteiger partial charge in [0.05, 0.1) is 11.4 Å². The van der Waals surface area contributed by atoms with Crippen molar-refractivity contribution in [1.29, 1.82) is 0 Å². The van der Waals surface area contributed by atoms with Crippen molar-refractivity contribution in [3.8, 4) is 0 Å². The number of nitrogen functional groups attached to an aromatic ring is 1. The van der Waals surface area contributed by atoms with E-state index in [1.807, 2.05) is 13.1 Å². The molecule has 0 aliphatic carbocycles. The van der Waals surface area contributed by atoms with Crippen LogP contribution in [0.1, 0.15) is 39.5 Å². The molecule has 0 saturated carbocycles. The fraction of sp³-hybridized carbons (Fsp3) is 0.600. The van der Waals surface area contributed by atoms with Crippen molar-refractivity contribution in [1.82, 2.24) is 0 Å². The van der Waals surface area contributed by atoms with Gasteiger partial charge in [0.2, 0.25) is 0 Å². The lowest BCUT2D eigenvalue weighted by Gasteiger charge is -2.25. The van der Waals surface area contributed by atoms with Gasteiger partial charge in [0.1, 0.15) is 0 Å². The summed E-state index contributed by atoms with van der Waals surface area (Å²) in [6, 6.07) is 6.27. The number of rotatable bonds is 8. The average Bonchev–Trinajstić information content (AvgIpc) is 2.40. The van der Waals surface area contributed by atoms with Gasteiger partial charge in [-0.15, -0.1) is 0 Å². The summed E-state index contributed by atoms with van der Waals surface area (Å²) < 4.78 is 0. The van der Waals surface area contributed by atoms with E-state index in [0.29, 0.717) is 0 Å². The lowest BCUT2D eigenvalue weighted by molar-refractivity contribution is 0.678. The molecule has 0 amide bonds. The molecular weight excluding hydrogens is 222 g/mol. The zero-order valence-electron chi connectivity index (χ0n) is 12.0. The Balaban J connectivity index is 2.82. The number of hydrogen-bond acceptors (Lipinski definition) is 3. The molecule has 0 aromatic heterocycles. The van der Waals surface area contributed by atoms with E-state index in [9.17, 15) is 0 Å². The predicted molar refractivity (Wildman–Crippen MR) is 82.4 cm³/mol. The molecule has 0 spiro atoms. The number of anilines is 3. The van der Waals surface area contributed by atoms with Crippen LogP contribution >= 0.6 is 0 Å². The maximum Gasteiger partial charge on any atom is 0.0592 e. The summed E-state index contributed by atoms with van der Waals surface area (Å²) in [5, 5.41) is 3.15. The zero-order chi connectivity index (χ0) is 13.4. The number of nitrogens with zero attached hydrogens (tertiary/aromatic N) is 1. The molecule has 0 radical (unpaired) electrons. The number of unbranched alkanes of at least 4 members (excludes halogenated alkanes) is 2. The average molecular weight is 249 g/mol. The summed E-state index contributed by atoms with van der Waals surface area (Å²) in [6.07, 6.45) is 4.94. The third-order valence-electron chi connectivity index (χ3n) is 3.23. The third kappa shape index (κ3) is 4.13. The molecule has 0 atom stereocenters. The summed E-state index contributed by atoms with van der Waals surface area (Å²) in [6.45, 7) is 6.73. The van der Waals surface area contributed by atoms with Crippen LogP contribution in [0.5, 0.6) is 0 Å². The van der Waals surface area contributed by atoms with Crippen LogP contribution in [0.25, 0.3) is 0 Å². The minimum Gasteiger partial charge on any atom is -0.397 e. The normalized spacial score (nSPS) is 10.4. The van der Waals surface area contributed by atoms with E-state index in [1.54, 1.807) is 0 Å². The summed E-state index contributed by atoms with van der Waals surface area (Å²) in [5.74, 6) is 0. The highest BCUT2D eigenvalue weighted by molar-refractivity contribution is 5.72. The van der Waals surface area contributed by atoms with E-state index in [1.165, 1.54) is 31.4 Å². The van der Waals surface area contributed by atoms with Crippen molar-refractivity contribution in [3.05, 3.63) is 18.2 Å². The van der Waals surface area contributed by atoms with Crippen LogP contribution in [0, 0.1) is 0 Å². The Morgan fingerprint density at radius 2 is 1.72 bits per heavy atom. The fourth-order valence-electron chi connectivity index (χ4n) is 2.03. The first-order chi connectivity index (χ1) is 8.72. The standard InChI is InChI=1S/C15H27N3/c1-4-6-10-18(11-7-5-2)13-8-9-14(16)15(12-13)17-3/h8-9,12,17H,4-7,10-11,16H2,1-3H3. The molecular formula is C15H27N3. The highest BCUT2D eigenvalue weighted by Gasteiger charge is 2.07. The van der Waals surface area contributed by atoms with Crippen molar-refractivity contribution >= 4 is 17.1 Å². The quantitative estimate of drug-likeness (QED) is 0.690. The van der Waals surface area contributed by atoms with Crippen LogP contribution in [-0.2, 0) is 0 Å². The molecule has 0 saturated heterocycles. The van der Waals surface area contributed by atoms with E-state index in [4.69, 9.17) is 5.73 Å². The van der Waals surface area contributed by atoms with Gasteiger partial charge in [-0.05, 0) is 31.0 Å². The van der Waals surface area contributed by atoms with Gasteiger partial charge in [0.25, 0.3) is 0 Å². The molecule has 0 aliphatic heterocycles. The lowest BCUT2D eigenvalue weighted by Crippen LogP contribution is -2.25. The van der Waals surface area contributed by atoms with Gasteiger partial charge in [-0.25, -0.2) is 0 Å². The number of benzene rings is 1. The Morgan fingerprint density at radius 3 is 2.22 bits per heavy atom. The number of hydrogen-bond donors (Lipinski definition) is 2. The second-order valence-corrected chi connectivity index (χ2v) is 4.72. The van der Waals surface area contributed by atoms with E-state index in [0.717, 1.165) is 24.5 Å². The fourth-order valence-corrected chi connectivity index (χ4v) is 2.03. The highest BCUT2D eigenvalue weighted by Crippen LogP contribution is 2.25. The predicted octanol–water partition coefficient (Wildman–Crippen LogP) is 3.72. The Morgan fingerprint density at radius 1 is 1.11 bits per heavy atom. The maximum absolute atomic E-state index is 5.92. The smallest absolute Gasteiger partial charge is 0.0592 e. The second kappa shape index (κ2) is 7.85. The van der Waals surface area contributed by atoms with E-state index < -0.39 is 0 Å². The molecule has 3 heteroatoms. The molecule has 1 aromatic carbocycles. The van der Waals surface area contributed by atoms with Crippen LogP contribution in [0.2, 0.25) is 0 Å². The van der Waals surface area contributed by atoms with Crippen molar-refractivity contribution in [2.45, 2.75) is 39.5 Å². The molecule has 1 rings (SSSR count). The van der Waals surface area contributed by atoms with E-state index in [2.05, 4.69) is 36.2 Å². The molecule has 3 N–H and O–H groups in total. The topological polar surface area (TPSA) is 41.3 Å². The second-order valence-electron chi connectivity index (χ2n) is 4.72. The van der Waals surface area contributed by atoms with Gasteiger partial charge in [-0.2, -0.15) is 0 Å². The Bertz CT molecular complexity index is 342. The SMILES string of the molecule is CCCCN(CCCC)c1ccc(N)c(NC)c1. The Hall–Kier alpha value is -1.38. The summed E-state index contributed by atoms with van der Waals surface area (Å²) in [7, 11) is 1.91. The Labute approximate surface area is 111 Å². The Kier molecular flexibility index (Phi) is 6.40. The molecule has 102 valence electrons. The van der Waals surface area contributed by atoms with Gasteiger partial charge >= 0.3 is 0 Å². The van der Waals surface area contributed by atoms with Crippen LogP contribution < -0.4 is 16.0 Å². The van der Waals surface area contributed by atoms with Crippen LogP contribution in [0.4, 0.5) is 17.1 Å². The molecule has 1 aromatic rings. The monoisotopic (exact) mass is 249 g/mol. The number of nitrogens with one attached hydrogen (secondary N) is 1. The van der Waals surface area contributed by atoms with Crippen molar-refractivity contribution in [2.75, 3.05) is 36.1 Å². The van der Waals surface area contributed by atoms with Gasteiger partial charge in [-0.1, -0.05) is 26.7 Å². The molecule has 0 unspecified atom stereocenters. The van der Waals surface area contributed by atoms with Crippen molar-refractivity contribution in [2.24, 2.45) is 0 Å². The first-order valence-corrected chi connectivity index (χ1v) is 7.05. The first kappa shape index (κ1) is 14.7. The summed E-state index contributed by atoms with van der Waals surface area (Å²) in [4.78, 5) is 2.47. The first-order valence-electron chi connectivity index (χ1n) is 7.05. The zero-order valence-corrected chi connectivity index (χ0v) is 12.0. The van der Waals surface area contributed by atoms with E-state index in [-0.39, 0.29) is 0 Å². The largest absolute Gasteiger partial charge is 0.397 e. The molecule has 0 fully saturated rings. The van der Waals surface area contributed by atoms with Gasteiger partial charge in [0.15, 0.2) is 0 Å². The number of nitrogens with two attached hydrogens (primary N) is 1. The maximum atomic E-state index is 5.92. The van der Waals surface area contributed by atoms with Crippen LogP contribution in [0.15, 0.2) is 18.2 Å². The van der Waals surface area contributed by atoms with Gasteiger partial charge < -0.3 is 16.0 Å². The van der Waals surface area contributed by atoms with E-state index >= 15 is 0 Å². The van der Waals surface area contributed by atoms with Crippen LogP contribution in [0.3, 0.4) is 0 Å². The highest BCUT2D eigenvalue weighted by atomic mass is 15.1.